The van der Waals surface area contributed by atoms with Crippen LogP contribution in [-0.2, 0) is 21.4 Å². The molecule has 30 heavy (non-hydrogen) atoms. The van der Waals surface area contributed by atoms with Gasteiger partial charge in [-0.25, -0.2) is 4.79 Å². The number of furan rings is 1. The molecule has 0 aliphatic carbocycles. The van der Waals surface area contributed by atoms with Gasteiger partial charge in [0.25, 0.3) is 5.91 Å². The first-order valence-electron chi connectivity index (χ1n) is 10.3. The van der Waals surface area contributed by atoms with Gasteiger partial charge in [0, 0.05) is 12.0 Å². The number of nitrogens with one attached hydrogen (secondary N) is 1. The van der Waals surface area contributed by atoms with E-state index in [1.165, 1.54) is 12.7 Å². The zero-order valence-electron chi connectivity index (χ0n) is 19.0. The molecule has 0 aliphatic heterocycles. The molecule has 1 N–H and O–H groups in total. The quantitative estimate of drug-likeness (QED) is 0.611. The van der Waals surface area contributed by atoms with Crippen LogP contribution in [0.3, 0.4) is 0 Å². The van der Waals surface area contributed by atoms with Gasteiger partial charge in [0.05, 0.1) is 14.2 Å². The number of carbonyl (C=O) groups excluding carboxylic acids is 2. The summed E-state index contributed by atoms with van der Waals surface area (Å²) in [7, 11) is 2.94. The van der Waals surface area contributed by atoms with Crippen LogP contribution < -0.4 is 10.1 Å². The van der Waals surface area contributed by atoms with E-state index in [-0.39, 0.29) is 17.1 Å². The number of rotatable bonds is 9. The van der Waals surface area contributed by atoms with E-state index in [4.69, 9.17) is 13.9 Å². The van der Waals surface area contributed by atoms with Crippen molar-refractivity contribution in [3.8, 4) is 5.75 Å². The summed E-state index contributed by atoms with van der Waals surface area (Å²) < 4.78 is 16.1. The second-order valence-electron chi connectivity index (χ2n) is 8.43. The van der Waals surface area contributed by atoms with Crippen LogP contribution in [0.25, 0.3) is 0 Å². The van der Waals surface area contributed by atoms with Crippen LogP contribution in [0.5, 0.6) is 5.75 Å². The van der Waals surface area contributed by atoms with Crippen LogP contribution in [0.2, 0.25) is 0 Å². The van der Waals surface area contributed by atoms with E-state index in [1.54, 1.807) is 19.2 Å². The average molecular weight is 416 g/mol. The average Bonchev–Trinajstić information content (AvgIpc) is 3.19. The summed E-state index contributed by atoms with van der Waals surface area (Å²) in [5, 5.41) is 2.69. The highest BCUT2D eigenvalue weighted by atomic mass is 16.5. The van der Waals surface area contributed by atoms with E-state index in [2.05, 4.69) is 38.2 Å². The lowest BCUT2D eigenvalue weighted by Gasteiger charge is -2.24. The summed E-state index contributed by atoms with van der Waals surface area (Å²) in [6.07, 6.45) is 1.51. The van der Waals surface area contributed by atoms with Crippen molar-refractivity contribution in [2.24, 2.45) is 5.92 Å². The van der Waals surface area contributed by atoms with Gasteiger partial charge in [-0.3, -0.25) is 4.79 Å². The number of hydrogen-bond donors (Lipinski definition) is 1. The fourth-order valence-electron chi connectivity index (χ4n) is 3.16. The predicted molar refractivity (Wildman–Crippen MR) is 116 cm³/mol. The summed E-state index contributed by atoms with van der Waals surface area (Å²) in [6, 6.07) is 8.86. The molecular formula is C24H33NO5. The molecule has 1 aromatic carbocycles. The first kappa shape index (κ1) is 23.5. The van der Waals surface area contributed by atoms with Crippen LogP contribution in [0.15, 0.2) is 34.7 Å². The second-order valence-corrected chi connectivity index (χ2v) is 8.43. The van der Waals surface area contributed by atoms with Gasteiger partial charge in [-0.05, 0) is 41.5 Å². The number of ether oxygens (including phenoxy) is 2. The number of amides is 1. The molecule has 6 nitrogen and oxygen atoms in total. The highest BCUT2D eigenvalue weighted by molar-refractivity contribution is 5.94. The van der Waals surface area contributed by atoms with Crippen molar-refractivity contribution in [3.05, 3.63) is 53.0 Å². The number of benzene rings is 1. The molecule has 0 spiro atoms. The minimum atomic E-state index is -0.732. The van der Waals surface area contributed by atoms with Crippen LogP contribution >= 0.6 is 0 Å². The van der Waals surface area contributed by atoms with Gasteiger partial charge in [-0.2, -0.15) is 0 Å². The molecule has 0 aliphatic rings. The number of carbonyl (C=O) groups is 2. The van der Waals surface area contributed by atoms with Crippen molar-refractivity contribution >= 4 is 11.9 Å². The lowest BCUT2D eigenvalue weighted by molar-refractivity contribution is -0.144. The molecule has 1 aromatic heterocycles. The van der Waals surface area contributed by atoms with Gasteiger partial charge in [0.15, 0.2) is 5.76 Å². The Morgan fingerprint density at radius 1 is 1.13 bits per heavy atom. The largest absolute Gasteiger partial charge is 0.496 e. The summed E-state index contributed by atoms with van der Waals surface area (Å²) >= 11 is 0. The van der Waals surface area contributed by atoms with Gasteiger partial charge in [0.1, 0.15) is 17.6 Å². The van der Waals surface area contributed by atoms with Gasteiger partial charge in [-0.1, -0.05) is 46.8 Å². The standard InChI is InChI=1S/C24H33NO5/c1-8-24(4,5)17-9-11-19(28-6)16(13-17)14-18-10-12-20(30-18)22(26)25-21(15(2)3)23(27)29-7/h9-13,15,21H,8,14H2,1-7H3,(H,25,26). The van der Waals surface area contributed by atoms with Gasteiger partial charge < -0.3 is 19.2 Å². The van der Waals surface area contributed by atoms with Gasteiger partial charge in [-0.15, -0.1) is 0 Å². The molecule has 164 valence electrons. The molecule has 0 fully saturated rings. The van der Waals surface area contributed by atoms with Crippen molar-refractivity contribution in [2.45, 2.75) is 58.9 Å². The summed E-state index contributed by atoms with van der Waals surface area (Å²) in [4.78, 5) is 24.4. The van der Waals surface area contributed by atoms with E-state index in [0.29, 0.717) is 12.2 Å². The Labute approximate surface area is 178 Å². The molecule has 0 saturated carbocycles. The van der Waals surface area contributed by atoms with Crippen LogP contribution in [-0.4, -0.2) is 32.1 Å². The number of hydrogen-bond acceptors (Lipinski definition) is 5. The summed E-state index contributed by atoms with van der Waals surface area (Å²) in [5.41, 5.74) is 2.27. The van der Waals surface area contributed by atoms with E-state index >= 15 is 0 Å². The molecular weight excluding hydrogens is 382 g/mol. The molecule has 6 heteroatoms. The van der Waals surface area contributed by atoms with E-state index < -0.39 is 17.9 Å². The lowest BCUT2D eigenvalue weighted by atomic mass is 9.81. The highest BCUT2D eigenvalue weighted by Gasteiger charge is 2.26. The zero-order chi connectivity index (χ0) is 22.5. The molecule has 1 atom stereocenters. The maximum absolute atomic E-state index is 12.6. The SMILES string of the molecule is CCC(C)(C)c1ccc(OC)c(Cc2ccc(C(=O)NC(C(=O)OC)C(C)C)o2)c1. The molecule has 0 saturated heterocycles. The molecule has 0 bridgehead atoms. The number of methoxy groups -OCH3 is 2. The van der Waals surface area contributed by atoms with Crippen LogP contribution in [0.1, 0.15) is 68.5 Å². The Kier molecular flexibility index (Phi) is 7.71. The third-order valence-corrected chi connectivity index (χ3v) is 5.60. The third kappa shape index (κ3) is 5.43. The van der Waals surface area contributed by atoms with Crippen LogP contribution in [0, 0.1) is 5.92 Å². The van der Waals surface area contributed by atoms with Gasteiger partial charge in [0.2, 0.25) is 0 Å². The Morgan fingerprint density at radius 2 is 1.83 bits per heavy atom. The van der Waals surface area contributed by atoms with E-state index in [1.807, 2.05) is 19.9 Å². The van der Waals surface area contributed by atoms with E-state index in [9.17, 15) is 9.59 Å². The first-order chi connectivity index (χ1) is 14.1. The second kappa shape index (κ2) is 9.83. The Morgan fingerprint density at radius 3 is 2.40 bits per heavy atom. The lowest BCUT2D eigenvalue weighted by Crippen LogP contribution is -2.44. The maximum Gasteiger partial charge on any atom is 0.328 e. The first-order valence-corrected chi connectivity index (χ1v) is 10.3. The fourth-order valence-corrected chi connectivity index (χ4v) is 3.16. The summed E-state index contributed by atoms with van der Waals surface area (Å²) in [5.74, 6) is 0.541. The Bertz CT molecular complexity index is 881. The van der Waals surface area contributed by atoms with Crippen LogP contribution in [0.4, 0.5) is 0 Å². The maximum atomic E-state index is 12.6. The molecule has 2 rings (SSSR count). The fraction of sp³-hybridized carbons (Fsp3) is 0.500. The Balaban J connectivity index is 2.22. The molecule has 1 heterocycles. The third-order valence-electron chi connectivity index (χ3n) is 5.60. The molecule has 1 amide bonds. The minimum absolute atomic E-state index is 0.0506. The normalized spacial score (nSPS) is 12.5. The van der Waals surface area contributed by atoms with Crippen molar-refractivity contribution in [1.29, 1.82) is 0 Å². The molecule has 1 unspecified atom stereocenters. The topological polar surface area (TPSA) is 77.8 Å². The number of esters is 1. The minimum Gasteiger partial charge on any atom is -0.496 e. The van der Waals surface area contributed by atoms with Gasteiger partial charge >= 0.3 is 5.97 Å². The predicted octanol–water partition coefficient (Wildman–Crippen LogP) is 4.49. The zero-order valence-corrected chi connectivity index (χ0v) is 19.0. The highest BCUT2D eigenvalue weighted by Crippen LogP contribution is 2.32. The summed E-state index contributed by atoms with van der Waals surface area (Å²) in [6.45, 7) is 10.3. The van der Waals surface area contributed by atoms with Crippen molar-refractivity contribution in [3.63, 3.8) is 0 Å². The van der Waals surface area contributed by atoms with E-state index in [0.717, 1.165) is 17.7 Å². The monoisotopic (exact) mass is 415 g/mol. The molecule has 0 radical (unpaired) electrons. The van der Waals surface area contributed by atoms with Crippen molar-refractivity contribution in [2.75, 3.05) is 14.2 Å². The van der Waals surface area contributed by atoms with Crippen molar-refractivity contribution in [1.82, 2.24) is 5.32 Å². The van der Waals surface area contributed by atoms with Crippen molar-refractivity contribution < 1.29 is 23.5 Å². The smallest absolute Gasteiger partial charge is 0.328 e. The molecule has 2 aromatic rings. The Hall–Kier alpha value is -2.76.